The number of carbonyl (C=O) groups excluding carboxylic acids is 1. The van der Waals surface area contributed by atoms with Gasteiger partial charge in [0.1, 0.15) is 5.58 Å². The van der Waals surface area contributed by atoms with Crippen molar-refractivity contribution in [2.45, 2.75) is 43.4 Å². The lowest BCUT2D eigenvalue weighted by Crippen LogP contribution is -2.42. The molecular formula is C24H23N3O5S. The summed E-state index contributed by atoms with van der Waals surface area (Å²) in [5.41, 5.74) is 1.25. The van der Waals surface area contributed by atoms with Crippen LogP contribution in [0.1, 0.15) is 36.6 Å². The van der Waals surface area contributed by atoms with Crippen LogP contribution in [0.3, 0.4) is 0 Å². The van der Waals surface area contributed by atoms with Gasteiger partial charge in [-0.25, -0.2) is 0 Å². The topological polar surface area (TPSA) is 106 Å². The summed E-state index contributed by atoms with van der Waals surface area (Å²) in [7, 11) is -3.89. The van der Waals surface area contributed by atoms with Crippen LogP contribution in [0.25, 0.3) is 11.0 Å². The molecule has 170 valence electrons. The average Bonchev–Trinajstić information content (AvgIpc) is 3.47. The molecule has 0 radical (unpaired) electrons. The lowest BCUT2D eigenvalue weighted by molar-refractivity contribution is -0.139. The summed E-state index contributed by atoms with van der Waals surface area (Å²) in [6, 6.07) is 15.5. The maximum atomic E-state index is 13.4. The highest BCUT2D eigenvalue weighted by Crippen LogP contribution is 2.33. The minimum absolute atomic E-state index is 0.108. The van der Waals surface area contributed by atoms with E-state index in [1.54, 1.807) is 36.9 Å². The highest BCUT2D eigenvalue weighted by molar-refractivity contribution is 7.89. The van der Waals surface area contributed by atoms with E-state index in [0.29, 0.717) is 22.2 Å². The molecule has 1 N–H and O–H groups in total. The third-order valence-corrected chi connectivity index (χ3v) is 7.45. The van der Waals surface area contributed by atoms with E-state index in [1.807, 2.05) is 30.3 Å². The fourth-order valence-electron chi connectivity index (χ4n) is 4.30. The number of aliphatic hydroxyl groups is 1. The van der Waals surface area contributed by atoms with Gasteiger partial charge in [0, 0.05) is 23.7 Å². The quantitative estimate of drug-likeness (QED) is 0.485. The molecule has 0 fully saturated rings. The summed E-state index contributed by atoms with van der Waals surface area (Å²) in [5, 5.41) is 15.7. The van der Waals surface area contributed by atoms with Gasteiger partial charge in [-0.1, -0.05) is 30.3 Å². The third-order valence-electron chi connectivity index (χ3n) is 5.92. The second-order valence-corrected chi connectivity index (χ2v) is 10.6. The van der Waals surface area contributed by atoms with Crippen LogP contribution in [-0.2, 0) is 27.9 Å². The van der Waals surface area contributed by atoms with Crippen LogP contribution in [0, 0.1) is 0 Å². The van der Waals surface area contributed by atoms with Gasteiger partial charge in [0.15, 0.2) is 0 Å². The molecule has 8 nitrogen and oxygen atoms in total. The van der Waals surface area contributed by atoms with Crippen molar-refractivity contribution >= 4 is 26.9 Å². The largest absolute Gasteiger partial charge is 0.464 e. The van der Waals surface area contributed by atoms with E-state index in [1.165, 1.54) is 18.5 Å². The molecular weight excluding hydrogens is 442 g/mol. The molecule has 4 aromatic rings. The van der Waals surface area contributed by atoms with Gasteiger partial charge in [0.25, 0.3) is 10.0 Å². The fraction of sp³-hybridized carbons (Fsp3) is 0.250. The highest BCUT2D eigenvalue weighted by Gasteiger charge is 2.40. The first-order valence-electron chi connectivity index (χ1n) is 10.5. The Morgan fingerprint density at radius 2 is 1.88 bits per heavy atom. The van der Waals surface area contributed by atoms with Crippen molar-refractivity contribution in [3.63, 3.8) is 0 Å². The minimum Gasteiger partial charge on any atom is -0.464 e. The maximum Gasteiger partial charge on any atom is 0.282 e. The fourth-order valence-corrected chi connectivity index (χ4v) is 5.50. The zero-order valence-corrected chi connectivity index (χ0v) is 19.0. The number of aromatic nitrogens is 2. The Kier molecular flexibility index (Phi) is 4.91. The third kappa shape index (κ3) is 3.73. The summed E-state index contributed by atoms with van der Waals surface area (Å²) in [6.45, 7) is 3.63. The summed E-state index contributed by atoms with van der Waals surface area (Å²) < 4.78 is 32.4. The Bertz CT molecular complexity index is 1420. The monoisotopic (exact) mass is 465 g/mol. The molecule has 0 bridgehead atoms. The van der Waals surface area contributed by atoms with E-state index < -0.39 is 21.5 Å². The second-order valence-electron chi connectivity index (χ2n) is 8.79. The lowest BCUT2D eigenvalue weighted by Gasteiger charge is -2.32. The molecule has 1 aliphatic heterocycles. The molecule has 9 heteroatoms. The number of benzene rings is 2. The minimum atomic E-state index is -3.89. The van der Waals surface area contributed by atoms with Gasteiger partial charge in [0.05, 0.1) is 34.9 Å². The molecule has 1 atom stereocenters. The van der Waals surface area contributed by atoms with Crippen LogP contribution in [0.4, 0.5) is 0 Å². The van der Waals surface area contributed by atoms with Crippen LogP contribution < -0.4 is 0 Å². The number of furan rings is 1. The number of rotatable bonds is 5. The van der Waals surface area contributed by atoms with Gasteiger partial charge in [-0.15, -0.1) is 0 Å². The first kappa shape index (κ1) is 21.4. The lowest BCUT2D eigenvalue weighted by atomic mass is 9.83. The average molecular weight is 466 g/mol. The molecule has 1 unspecified atom stereocenters. The Hall–Kier alpha value is -3.43. The zero-order chi connectivity index (χ0) is 23.4. The molecule has 5 rings (SSSR count). The molecule has 1 amide bonds. The van der Waals surface area contributed by atoms with Gasteiger partial charge < -0.3 is 14.4 Å². The molecule has 2 aromatic heterocycles. The van der Waals surface area contributed by atoms with Gasteiger partial charge in [-0.2, -0.15) is 17.6 Å². The van der Waals surface area contributed by atoms with Crippen molar-refractivity contribution in [1.82, 2.24) is 14.1 Å². The normalized spacial score (nSPS) is 15.1. The Morgan fingerprint density at radius 3 is 2.58 bits per heavy atom. The van der Waals surface area contributed by atoms with Crippen molar-refractivity contribution in [2.75, 3.05) is 0 Å². The number of carbonyl (C=O) groups is 1. The second kappa shape index (κ2) is 7.57. The van der Waals surface area contributed by atoms with E-state index in [-0.39, 0.29) is 23.9 Å². The van der Waals surface area contributed by atoms with Gasteiger partial charge >= 0.3 is 0 Å². The van der Waals surface area contributed by atoms with Gasteiger partial charge in [-0.05, 0) is 43.7 Å². The molecule has 2 aromatic carbocycles. The maximum absolute atomic E-state index is 13.4. The standard InChI is InChI=1S/C24H23N3O5S/c1-24(2,29)22(16-6-4-3-5-7-16)23(28)26-13-18-14-27(25-20(18)15-26)33(30,31)19-8-9-21-17(12-19)10-11-32-21/h3-12,14,22,29H,13,15H2,1-2H3. The van der Waals surface area contributed by atoms with Gasteiger partial charge in [0.2, 0.25) is 5.91 Å². The van der Waals surface area contributed by atoms with Crippen LogP contribution in [0.15, 0.2) is 76.4 Å². The van der Waals surface area contributed by atoms with Crippen molar-refractivity contribution in [3.8, 4) is 0 Å². The van der Waals surface area contributed by atoms with E-state index in [9.17, 15) is 18.3 Å². The van der Waals surface area contributed by atoms with E-state index >= 15 is 0 Å². The van der Waals surface area contributed by atoms with E-state index in [4.69, 9.17) is 4.42 Å². The predicted molar refractivity (Wildman–Crippen MR) is 121 cm³/mol. The highest BCUT2D eigenvalue weighted by atomic mass is 32.2. The molecule has 0 spiro atoms. The van der Waals surface area contributed by atoms with Gasteiger partial charge in [-0.3, -0.25) is 4.79 Å². The van der Waals surface area contributed by atoms with Crippen LogP contribution in [0.5, 0.6) is 0 Å². The van der Waals surface area contributed by atoms with E-state index in [2.05, 4.69) is 5.10 Å². The van der Waals surface area contributed by atoms with Crippen molar-refractivity contribution in [3.05, 3.63) is 83.9 Å². The number of hydrogen-bond donors (Lipinski definition) is 1. The molecule has 33 heavy (non-hydrogen) atoms. The zero-order valence-electron chi connectivity index (χ0n) is 18.2. The van der Waals surface area contributed by atoms with E-state index in [0.717, 1.165) is 9.65 Å². The number of fused-ring (bicyclic) bond motifs is 2. The molecule has 3 heterocycles. The number of amides is 1. The molecule has 0 saturated heterocycles. The Balaban J connectivity index is 1.40. The summed E-state index contributed by atoms with van der Waals surface area (Å²) in [4.78, 5) is 15.1. The smallest absolute Gasteiger partial charge is 0.282 e. The number of hydrogen-bond acceptors (Lipinski definition) is 6. The summed E-state index contributed by atoms with van der Waals surface area (Å²) >= 11 is 0. The first-order chi connectivity index (χ1) is 15.6. The van der Waals surface area contributed by atoms with Crippen LogP contribution in [-0.4, -0.2) is 39.1 Å². The van der Waals surface area contributed by atoms with Crippen molar-refractivity contribution in [2.24, 2.45) is 0 Å². The molecule has 1 aliphatic rings. The summed E-state index contributed by atoms with van der Waals surface area (Å²) in [5.74, 6) is -0.980. The van der Waals surface area contributed by atoms with Crippen molar-refractivity contribution < 1.29 is 22.7 Å². The Morgan fingerprint density at radius 1 is 1.12 bits per heavy atom. The Labute approximate surface area is 191 Å². The number of nitrogens with zero attached hydrogens (tertiary/aromatic N) is 3. The summed E-state index contributed by atoms with van der Waals surface area (Å²) in [6.07, 6.45) is 2.96. The van der Waals surface area contributed by atoms with Crippen molar-refractivity contribution in [1.29, 1.82) is 0 Å². The van der Waals surface area contributed by atoms with Crippen LogP contribution >= 0.6 is 0 Å². The SMILES string of the molecule is CC(C)(O)C(C(=O)N1Cc2cn(S(=O)(=O)c3ccc4occc4c3)nc2C1)c1ccccc1. The molecule has 0 aliphatic carbocycles. The first-order valence-corrected chi connectivity index (χ1v) is 11.9. The molecule has 0 saturated carbocycles. The van der Waals surface area contributed by atoms with Crippen LogP contribution in [0.2, 0.25) is 0 Å². The predicted octanol–water partition coefficient (Wildman–Crippen LogP) is 3.26.